The van der Waals surface area contributed by atoms with E-state index in [-0.39, 0.29) is 0 Å². The molecule has 0 radical (unpaired) electrons. The molecule has 0 saturated carbocycles. The lowest BCUT2D eigenvalue weighted by molar-refractivity contribution is 1.07. The molecule has 0 atom stereocenters. The molecule has 0 aliphatic heterocycles. The van der Waals surface area contributed by atoms with Gasteiger partial charge in [-0.3, -0.25) is 10.2 Å². The van der Waals surface area contributed by atoms with Crippen LogP contribution in [0, 0.1) is 0 Å². The number of rotatable bonds is 1. The summed E-state index contributed by atoms with van der Waals surface area (Å²) in [5, 5.41) is 13.8. The molecule has 2 N–H and O–H groups in total. The zero-order valence-corrected chi connectivity index (χ0v) is 7.10. The predicted octanol–water partition coefficient (Wildman–Crippen LogP) is 0.743. The van der Waals surface area contributed by atoms with E-state index in [1.165, 1.54) is 6.33 Å². The zero-order valence-electron chi connectivity index (χ0n) is 7.10. The van der Waals surface area contributed by atoms with Crippen molar-refractivity contribution in [1.29, 1.82) is 0 Å². The summed E-state index contributed by atoms with van der Waals surface area (Å²) in [7, 11) is 0. The third-order valence-electron chi connectivity index (χ3n) is 1.97. The van der Waals surface area contributed by atoms with E-state index in [0.29, 0.717) is 0 Å². The Morgan fingerprint density at radius 3 is 3.07 bits per heavy atom. The van der Waals surface area contributed by atoms with Gasteiger partial charge in [-0.2, -0.15) is 10.2 Å². The first kappa shape index (κ1) is 7.19. The highest BCUT2D eigenvalue weighted by Crippen LogP contribution is 2.20. The van der Waals surface area contributed by atoms with Gasteiger partial charge in [0.05, 0.1) is 6.20 Å². The van der Waals surface area contributed by atoms with Crippen LogP contribution in [-0.2, 0) is 0 Å². The highest BCUT2D eigenvalue weighted by atomic mass is 15.2. The Labute approximate surface area is 78.4 Å². The minimum Gasteiger partial charge on any atom is -0.285 e. The van der Waals surface area contributed by atoms with Gasteiger partial charge in [-0.25, -0.2) is 9.97 Å². The first-order valence-electron chi connectivity index (χ1n) is 4.09. The Morgan fingerprint density at radius 2 is 2.21 bits per heavy atom. The molecular formula is C8H6N6. The Kier molecular flexibility index (Phi) is 1.35. The molecule has 0 aliphatic rings. The maximum absolute atomic E-state index is 4.14. The van der Waals surface area contributed by atoms with Gasteiger partial charge in [-0.15, -0.1) is 0 Å². The number of hydrogen-bond donors (Lipinski definition) is 2. The van der Waals surface area contributed by atoms with Gasteiger partial charge in [0, 0.05) is 6.20 Å². The van der Waals surface area contributed by atoms with E-state index in [4.69, 9.17) is 0 Å². The average molecular weight is 186 g/mol. The molecule has 0 bridgehead atoms. The highest BCUT2D eigenvalue weighted by molar-refractivity contribution is 5.87. The fourth-order valence-corrected chi connectivity index (χ4v) is 1.34. The summed E-state index contributed by atoms with van der Waals surface area (Å²) in [5.74, 6) is 0. The van der Waals surface area contributed by atoms with Gasteiger partial charge in [0.1, 0.15) is 28.7 Å². The molecule has 14 heavy (non-hydrogen) atoms. The highest BCUT2D eigenvalue weighted by Gasteiger charge is 2.10. The van der Waals surface area contributed by atoms with E-state index in [1.54, 1.807) is 12.4 Å². The summed E-state index contributed by atoms with van der Waals surface area (Å²) in [5.41, 5.74) is 3.11. The molecule has 6 heteroatoms. The van der Waals surface area contributed by atoms with Gasteiger partial charge in [-0.1, -0.05) is 0 Å². The number of fused-ring (bicyclic) bond motifs is 1. The average Bonchev–Trinajstić information content (AvgIpc) is 2.85. The Balaban J connectivity index is 2.33. The fourth-order valence-electron chi connectivity index (χ4n) is 1.34. The van der Waals surface area contributed by atoms with Crippen molar-refractivity contribution in [2.45, 2.75) is 0 Å². The lowest BCUT2D eigenvalue weighted by Gasteiger charge is -1.88. The Hall–Kier alpha value is -2.24. The third kappa shape index (κ3) is 0.905. The van der Waals surface area contributed by atoms with Gasteiger partial charge >= 0.3 is 0 Å². The van der Waals surface area contributed by atoms with Crippen LogP contribution in [0.5, 0.6) is 0 Å². The summed E-state index contributed by atoms with van der Waals surface area (Å²) in [6.45, 7) is 0. The van der Waals surface area contributed by atoms with Crippen molar-refractivity contribution >= 4 is 11.0 Å². The molecule has 0 fully saturated rings. The number of hydrogen-bond acceptors (Lipinski definition) is 4. The Morgan fingerprint density at radius 1 is 1.21 bits per heavy atom. The molecule has 0 amide bonds. The van der Waals surface area contributed by atoms with E-state index in [2.05, 4.69) is 30.4 Å². The summed E-state index contributed by atoms with van der Waals surface area (Å²) >= 11 is 0. The maximum atomic E-state index is 4.14. The number of H-pyrrole nitrogens is 2. The van der Waals surface area contributed by atoms with Crippen LogP contribution in [0.3, 0.4) is 0 Å². The predicted molar refractivity (Wildman–Crippen MR) is 49.3 cm³/mol. The van der Waals surface area contributed by atoms with Gasteiger partial charge in [-0.05, 0) is 6.07 Å². The summed E-state index contributed by atoms with van der Waals surface area (Å²) in [6.07, 6.45) is 4.93. The van der Waals surface area contributed by atoms with Gasteiger partial charge in [0.2, 0.25) is 0 Å². The largest absolute Gasteiger partial charge is 0.285 e. The summed E-state index contributed by atoms with van der Waals surface area (Å²) in [6, 6.07) is 1.84. The van der Waals surface area contributed by atoms with Crippen LogP contribution in [-0.4, -0.2) is 30.4 Å². The van der Waals surface area contributed by atoms with Crippen molar-refractivity contribution < 1.29 is 0 Å². The first-order valence-corrected chi connectivity index (χ1v) is 4.09. The van der Waals surface area contributed by atoms with Crippen LogP contribution in [0.2, 0.25) is 0 Å². The quantitative estimate of drug-likeness (QED) is 0.587. The van der Waals surface area contributed by atoms with E-state index in [0.717, 1.165) is 22.4 Å². The van der Waals surface area contributed by atoms with Crippen molar-refractivity contribution in [2.75, 3.05) is 0 Å². The van der Waals surface area contributed by atoms with E-state index in [1.807, 2.05) is 6.07 Å². The summed E-state index contributed by atoms with van der Waals surface area (Å²) in [4.78, 5) is 8.04. The van der Waals surface area contributed by atoms with Gasteiger partial charge in [0.15, 0.2) is 0 Å². The monoisotopic (exact) mass is 186 g/mol. The van der Waals surface area contributed by atoms with Crippen LogP contribution in [0.15, 0.2) is 24.8 Å². The normalized spacial score (nSPS) is 10.9. The standard InChI is InChI=1S/C8H6N6/c1-2-11-12-5(1)8-7-6(13-14-8)3-9-4-10-7/h1-4H,(H,11,12)(H,13,14). The molecule has 3 aromatic heterocycles. The van der Waals surface area contributed by atoms with Gasteiger partial charge in [0.25, 0.3) is 0 Å². The first-order chi connectivity index (χ1) is 6.95. The van der Waals surface area contributed by atoms with Crippen LogP contribution < -0.4 is 0 Å². The maximum Gasteiger partial charge on any atom is 0.139 e. The molecule has 0 saturated heterocycles. The minimum absolute atomic E-state index is 0.739. The summed E-state index contributed by atoms with van der Waals surface area (Å²) < 4.78 is 0. The number of nitrogens with zero attached hydrogens (tertiary/aromatic N) is 4. The van der Waals surface area contributed by atoms with Crippen molar-refractivity contribution in [2.24, 2.45) is 0 Å². The van der Waals surface area contributed by atoms with Crippen LogP contribution >= 0.6 is 0 Å². The lowest BCUT2D eigenvalue weighted by Crippen LogP contribution is -1.81. The van der Waals surface area contributed by atoms with E-state index >= 15 is 0 Å². The van der Waals surface area contributed by atoms with Crippen LogP contribution in [0.4, 0.5) is 0 Å². The molecule has 68 valence electrons. The molecule has 0 aliphatic carbocycles. The molecule has 6 nitrogen and oxygen atoms in total. The van der Waals surface area contributed by atoms with Crippen LogP contribution in [0.25, 0.3) is 22.4 Å². The molecule has 0 unspecified atom stereocenters. The van der Waals surface area contributed by atoms with Gasteiger partial charge < -0.3 is 0 Å². The molecule has 0 aromatic carbocycles. The number of nitrogens with one attached hydrogen (secondary N) is 2. The molecule has 0 spiro atoms. The zero-order chi connectivity index (χ0) is 9.38. The second kappa shape index (κ2) is 2.63. The lowest BCUT2D eigenvalue weighted by atomic mass is 10.3. The third-order valence-corrected chi connectivity index (χ3v) is 1.97. The Bertz CT molecular complexity index is 552. The topological polar surface area (TPSA) is 83.1 Å². The minimum atomic E-state index is 0.739. The van der Waals surface area contributed by atoms with E-state index in [9.17, 15) is 0 Å². The van der Waals surface area contributed by atoms with E-state index < -0.39 is 0 Å². The number of aromatic nitrogens is 6. The SMILES string of the molecule is c1ncc2[nH]nc(-c3cc[nH]n3)c2n1. The van der Waals surface area contributed by atoms with Crippen molar-refractivity contribution in [1.82, 2.24) is 30.4 Å². The fraction of sp³-hybridized carbons (Fsp3) is 0. The second-order valence-corrected chi connectivity index (χ2v) is 2.82. The smallest absolute Gasteiger partial charge is 0.139 e. The molecule has 3 rings (SSSR count). The molecular weight excluding hydrogens is 180 g/mol. The van der Waals surface area contributed by atoms with Crippen molar-refractivity contribution in [3.63, 3.8) is 0 Å². The second-order valence-electron chi connectivity index (χ2n) is 2.82. The molecule has 3 heterocycles. The van der Waals surface area contributed by atoms with Crippen molar-refractivity contribution in [3.8, 4) is 11.4 Å². The number of aromatic amines is 2. The van der Waals surface area contributed by atoms with Crippen LogP contribution in [0.1, 0.15) is 0 Å². The molecule has 3 aromatic rings. The van der Waals surface area contributed by atoms with Crippen molar-refractivity contribution in [3.05, 3.63) is 24.8 Å².